The first-order valence-corrected chi connectivity index (χ1v) is 9.78. The number of benzene rings is 2. The molecule has 2 atom stereocenters. The Bertz CT molecular complexity index is 967. The third-order valence-electron chi connectivity index (χ3n) is 4.74. The fraction of sp³-hybridized carbons (Fsp3) is 0.238. The highest BCUT2D eigenvalue weighted by Crippen LogP contribution is 2.46. The fourth-order valence-corrected chi connectivity index (χ4v) is 4.63. The molecule has 2 heterocycles. The lowest BCUT2D eigenvalue weighted by Crippen LogP contribution is -2.22. The zero-order valence-electron chi connectivity index (χ0n) is 15.5. The molecule has 1 aliphatic heterocycles. The molecule has 27 heavy (non-hydrogen) atoms. The quantitative estimate of drug-likeness (QED) is 0.735. The SMILES string of the molecule is COc1ccc([C@H]2S[C@@H](C)C(=O)Nc3c2c(C)nn3-c2ccccc2)cc1. The molecular weight excluding hydrogens is 358 g/mol. The topological polar surface area (TPSA) is 56.1 Å². The summed E-state index contributed by atoms with van der Waals surface area (Å²) in [6.07, 6.45) is 0. The van der Waals surface area contributed by atoms with Crippen LogP contribution in [0.1, 0.15) is 29.0 Å². The summed E-state index contributed by atoms with van der Waals surface area (Å²) in [6, 6.07) is 17.9. The van der Waals surface area contributed by atoms with Gasteiger partial charge >= 0.3 is 0 Å². The summed E-state index contributed by atoms with van der Waals surface area (Å²) in [5.74, 6) is 1.56. The van der Waals surface area contributed by atoms with Crippen molar-refractivity contribution in [1.82, 2.24) is 9.78 Å². The van der Waals surface area contributed by atoms with Crippen molar-refractivity contribution in [2.45, 2.75) is 24.3 Å². The number of aryl methyl sites for hydroxylation is 1. The van der Waals surface area contributed by atoms with Crippen LogP contribution < -0.4 is 10.1 Å². The molecule has 0 radical (unpaired) electrons. The lowest BCUT2D eigenvalue weighted by atomic mass is 10.0. The van der Waals surface area contributed by atoms with Crippen LogP contribution in [0, 0.1) is 6.92 Å². The molecule has 138 valence electrons. The van der Waals surface area contributed by atoms with Crippen LogP contribution in [0.5, 0.6) is 5.75 Å². The smallest absolute Gasteiger partial charge is 0.238 e. The van der Waals surface area contributed by atoms with Crippen molar-refractivity contribution in [1.29, 1.82) is 0 Å². The van der Waals surface area contributed by atoms with Crippen LogP contribution in [0.15, 0.2) is 54.6 Å². The van der Waals surface area contributed by atoms with Gasteiger partial charge in [0, 0.05) is 5.56 Å². The number of aromatic nitrogens is 2. The summed E-state index contributed by atoms with van der Waals surface area (Å²) < 4.78 is 7.12. The minimum atomic E-state index is -0.173. The second kappa shape index (κ2) is 7.12. The average molecular weight is 379 g/mol. The van der Waals surface area contributed by atoms with Crippen LogP contribution in [0.2, 0.25) is 0 Å². The molecule has 0 unspecified atom stereocenters. The summed E-state index contributed by atoms with van der Waals surface area (Å²) in [5.41, 5.74) is 4.01. The summed E-state index contributed by atoms with van der Waals surface area (Å²) >= 11 is 1.64. The molecule has 0 bridgehead atoms. The van der Waals surface area contributed by atoms with Crippen molar-refractivity contribution in [3.8, 4) is 11.4 Å². The molecule has 5 nitrogen and oxygen atoms in total. The fourth-order valence-electron chi connectivity index (χ4n) is 3.31. The third kappa shape index (κ3) is 3.21. The van der Waals surface area contributed by atoms with E-state index in [1.807, 2.05) is 61.0 Å². The number of anilines is 1. The van der Waals surface area contributed by atoms with Gasteiger partial charge in [0.1, 0.15) is 11.6 Å². The Morgan fingerprint density at radius 3 is 2.48 bits per heavy atom. The standard InChI is InChI=1S/C21H21N3O2S/c1-13-18-19(15-9-11-17(26-3)12-10-15)27-14(2)21(25)22-20(18)24(23-13)16-7-5-4-6-8-16/h4-12,14,19H,1-3H3,(H,22,25)/t14-,19+/m0/s1. The number of carbonyl (C=O) groups is 1. The van der Waals surface area contributed by atoms with E-state index in [4.69, 9.17) is 9.84 Å². The van der Waals surface area contributed by atoms with Gasteiger partial charge in [-0.05, 0) is 43.7 Å². The van der Waals surface area contributed by atoms with Gasteiger partial charge in [0.25, 0.3) is 0 Å². The number of thioether (sulfide) groups is 1. The van der Waals surface area contributed by atoms with E-state index in [9.17, 15) is 4.79 Å². The van der Waals surface area contributed by atoms with E-state index in [1.165, 1.54) is 0 Å². The molecule has 3 aromatic rings. The van der Waals surface area contributed by atoms with Crippen LogP contribution in [-0.2, 0) is 4.79 Å². The van der Waals surface area contributed by atoms with Crippen molar-refractivity contribution in [3.63, 3.8) is 0 Å². The number of para-hydroxylation sites is 1. The van der Waals surface area contributed by atoms with E-state index >= 15 is 0 Å². The highest BCUT2D eigenvalue weighted by molar-refractivity contribution is 8.01. The summed E-state index contributed by atoms with van der Waals surface area (Å²) in [4.78, 5) is 12.7. The predicted molar refractivity (Wildman–Crippen MR) is 109 cm³/mol. The predicted octanol–water partition coefficient (Wildman–Crippen LogP) is 4.35. The Labute approximate surface area is 162 Å². The molecule has 0 aliphatic carbocycles. The molecule has 1 aromatic heterocycles. The minimum absolute atomic E-state index is 0.00524. The van der Waals surface area contributed by atoms with Gasteiger partial charge in [-0.15, -0.1) is 11.8 Å². The Kier molecular flexibility index (Phi) is 4.66. The van der Waals surface area contributed by atoms with E-state index in [-0.39, 0.29) is 16.4 Å². The number of nitrogens with one attached hydrogen (secondary N) is 1. The van der Waals surface area contributed by atoms with Gasteiger partial charge in [0.05, 0.1) is 29.0 Å². The van der Waals surface area contributed by atoms with Crippen molar-refractivity contribution >= 4 is 23.5 Å². The van der Waals surface area contributed by atoms with Gasteiger partial charge in [-0.3, -0.25) is 4.79 Å². The molecule has 0 fully saturated rings. The molecule has 2 aromatic carbocycles. The van der Waals surface area contributed by atoms with Crippen molar-refractivity contribution < 1.29 is 9.53 Å². The van der Waals surface area contributed by atoms with Crippen LogP contribution in [0.3, 0.4) is 0 Å². The monoisotopic (exact) mass is 379 g/mol. The third-order valence-corrected chi connectivity index (χ3v) is 6.14. The second-order valence-electron chi connectivity index (χ2n) is 6.52. The van der Waals surface area contributed by atoms with E-state index in [0.717, 1.165) is 34.1 Å². The van der Waals surface area contributed by atoms with E-state index in [0.29, 0.717) is 0 Å². The highest BCUT2D eigenvalue weighted by atomic mass is 32.2. The van der Waals surface area contributed by atoms with Crippen molar-refractivity contribution in [3.05, 3.63) is 71.4 Å². The van der Waals surface area contributed by atoms with E-state index in [2.05, 4.69) is 17.4 Å². The molecule has 1 amide bonds. The second-order valence-corrected chi connectivity index (χ2v) is 7.97. The van der Waals surface area contributed by atoms with Gasteiger partial charge in [0.15, 0.2) is 0 Å². The molecule has 0 saturated heterocycles. The lowest BCUT2D eigenvalue weighted by Gasteiger charge is -2.17. The zero-order chi connectivity index (χ0) is 19.0. The number of amides is 1. The minimum Gasteiger partial charge on any atom is -0.497 e. The van der Waals surface area contributed by atoms with Crippen LogP contribution in [0.25, 0.3) is 5.69 Å². The molecule has 0 spiro atoms. The molecule has 1 N–H and O–H groups in total. The number of hydrogen-bond acceptors (Lipinski definition) is 4. The molecular formula is C21H21N3O2S. The van der Waals surface area contributed by atoms with E-state index < -0.39 is 0 Å². The van der Waals surface area contributed by atoms with Crippen molar-refractivity contribution in [2.75, 3.05) is 12.4 Å². The van der Waals surface area contributed by atoms with Gasteiger partial charge in [-0.1, -0.05) is 30.3 Å². The van der Waals surface area contributed by atoms with E-state index in [1.54, 1.807) is 18.9 Å². The maximum atomic E-state index is 12.7. The average Bonchev–Trinajstić information content (AvgIpc) is 2.95. The van der Waals surface area contributed by atoms with Gasteiger partial charge in [-0.2, -0.15) is 5.10 Å². The summed E-state index contributed by atoms with van der Waals surface area (Å²) in [5, 5.41) is 7.67. The van der Waals surface area contributed by atoms with Crippen LogP contribution in [0.4, 0.5) is 5.82 Å². The first-order valence-electron chi connectivity index (χ1n) is 8.83. The van der Waals surface area contributed by atoms with Gasteiger partial charge < -0.3 is 10.1 Å². The molecule has 1 aliphatic rings. The summed E-state index contributed by atoms with van der Waals surface area (Å²) in [7, 11) is 1.66. The number of carbonyl (C=O) groups excluding carboxylic acids is 1. The lowest BCUT2D eigenvalue weighted by molar-refractivity contribution is -0.115. The first kappa shape index (κ1) is 17.7. The molecule has 4 rings (SSSR count). The molecule has 0 saturated carbocycles. The summed E-state index contributed by atoms with van der Waals surface area (Å²) in [6.45, 7) is 3.94. The number of rotatable bonds is 3. The van der Waals surface area contributed by atoms with Gasteiger partial charge in [0.2, 0.25) is 5.91 Å². The number of methoxy groups -OCH3 is 1. The number of nitrogens with zero attached hydrogens (tertiary/aromatic N) is 2. The Morgan fingerprint density at radius 1 is 1.11 bits per heavy atom. The Balaban J connectivity index is 1.87. The van der Waals surface area contributed by atoms with Crippen LogP contribution >= 0.6 is 11.8 Å². The first-order chi connectivity index (χ1) is 13.1. The van der Waals surface area contributed by atoms with Gasteiger partial charge in [-0.25, -0.2) is 4.68 Å². The largest absolute Gasteiger partial charge is 0.497 e. The highest BCUT2D eigenvalue weighted by Gasteiger charge is 2.33. The maximum Gasteiger partial charge on any atom is 0.238 e. The maximum absolute atomic E-state index is 12.7. The van der Waals surface area contributed by atoms with Crippen molar-refractivity contribution in [2.24, 2.45) is 0 Å². The van der Waals surface area contributed by atoms with Crippen LogP contribution in [-0.4, -0.2) is 28.0 Å². The Morgan fingerprint density at radius 2 is 1.81 bits per heavy atom. The molecule has 6 heteroatoms. The zero-order valence-corrected chi connectivity index (χ0v) is 16.3. The number of ether oxygens (including phenoxy) is 1. The normalized spacial score (nSPS) is 19.1. The number of hydrogen-bond donors (Lipinski definition) is 1. The Hall–Kier alpha value is -2.73. The number of fused-ring (bicyclic) bond motifs is 1.